The Kier molecular flexibility index (Phi) is 5.75. The zero-order valence-electron chi connectivity index (χ0n) is 19.6. The number of hydrogen-bond acceptors (Lipinski definition) is 9. The Labute approximate surface area is 210 Å². The fourth-order valence-electron chi connectivity index (χ4n) is 4.35. The topological polar surface area (TPSA) is 147 Å². The van der Waals surface area contributed by atoms with Gasteiger partial charge in [0.05, 0.1) is 6.42 Å². The monoisotopic (exact) mass is 502 g/mol. The average molecular weight is 502 g/mol. The Morgan fingerprint density at radius 2 is 1.81 bits per heavy atom. The van der Waals surface area contributed by atoms with Crippen LogP contribution in [0.25, 0.3) is 22.3 Å². The SMILES string of the molecule is C=C(C)COc1cccc([C@H]2CC(=O)Oc3cc(O)c4c(=O)c(O)c(-c5ccc(O)c(O)c5)oc4c32)c1. The number of benzene rings is 3. The van der Waals surface area contributed by atoms with Crippen molar-refractivity contribution in [1.29, 1.82) is 0 Å². The molecule has 0 spiro atoms. The summed E-state index contributed by atoms with van der Waals surface area (Å²) < 4.78 is 17.1. The van der Waals surface area contributed by atoms with Gasteiger partial charge in [0.1, 0.15) is 34.8 Å². The molecule has 5 rings (SSSR count). The molecule has 9 heteroatoms. The number of fused-ring (bicyclic) bond motifs is 3. The molecule has 0 aliphatic carbocycles. The number of carbonyl (C=O) groups excluding carboxylic acids is 1. The van der Waals surface area contributed by atoms with E-state index < -0.39 is 40.3 Å². The highest BCUT2D eigenvalue weighted by Gasteiger charge is 2.34. The van der Waals surface area contributed by atoms with Crippen LogP contribution in [0.15, 0.2) is 69.9 Å². The minimum Gasteiger partial charge on any atom is -0.507 e. The van der Waals surface area contributed by atoms with E-state index in [0.29, 0.717) is 23.5 Å². The lowest BCUT2D eigenvalue weighted by atomic mass is 9.85. The molecule has 1 aliphatic rings. The van der Waals surface area contributed by atoms with Crippen molar-refractivity contribution in [2.75, 3.05) is 6.61 Å². The predicted molar refractivity (Wildman–Crippen MR) is 133 cm³/mol. The third-order valence-corrected chi connectivity index (χ3v) is 6.05. The molecule has 9 nitrogen and oxygen atoms in total. The zero-order chi connectivity index (χ0) is 26.4. The molecule has 3 aromatic carbocycles. The normalized spacial score (nSPS) is 14.7. The van der Waals surface area contributed by atoms with Crippen LogP contribution < -0.4 is 14.9 Å². The quantitative estimate of drug-likeness (QED) is 0.132. The molecule has 1 atom stereocenters. The van der Waals surface area contributed by atoms with E-state index in [2.05, 4.69) is 6.58 Å². The molecule has 188 valence electrons. The number of rotatable bonds is 5. The Balaban J connectivity index is 1.76. The number of esters is 1. The van der Waals surface area contributed by atoms with Gasteiger partial charge in [-0.3, -0.25) is 9.59 Å². The van der Waals surface area contributed by atoms with Crippen LogP contribution in [0.2, 0.25) is 0 Å². The van der Waals surface area contributed by atoms with E-state index in [4.69, 9.17) is 13.9 Å². The van der Waals surface area contributed by atoms with Crippen molar-refractivity contribution < 1.29 is 39.1 Å². The van der Waals surface area contributed by atoms with Crippen molar-refractivity contribution in [2.24, 2.45) is 0 Å². The molecular formula is C28H22O9. The Morgan fingerprint density at radius 3 is 2.54 bits per heavy atom. The molecule has 0 amide bonds. The van der Waals surface area contributed by atoms with E-state index in [9.17, 15) is 30.0 Å². The highest BCUT2D eigenvalue weighted by atomic mass is 16.5. The van der Waals surface area contributed by atoms with E-state index in [0.717, 1.165) is 17.7 Å². The van der Waals surface area contributed by atoms with E-state index in [1.807, 2.05) is 6.92 Å². The van der Waals surface area contributed by atoms with Crippen LogP contribution in [-0.2, 0) is 4.79 Å². The molecule has 0 saturated heterocycles. The van der Waals surface area contributed by atoms with Crippen LogP contribution in [-0.4, -0.2) is 33.0 Å². The standard InChI is InChI=1S/C28H22O9/c1-13(2)12-35-16-5-3-4-14(8-16)17-10-22(32)36-21-11-20(31)24-25(33)26(34)27(37-28(24)23(17)21)15-6-7-18(29)19(30)9-15/h3-9,11,17,29-31,34H,1,10,12H2,2H3/t17-/m1/s1. The van der Waals surface area contributed by atoms with Crippen molar-refractivity contribution in [1.82, 2.24) is 0 Å². The summed E-state index contributed by atoms with van der Waals surface area (Å²) in [5.74, 6) is -3.16. The summed E-state index contributed by atoms with van der Waals surface area (Å²) in [5, 5.41) is 40.5. The summed E-state index contributed by atoms with van der Waals surface area (Å²) in [6.45, 7) is 5.96. The fourth-order valence-corrected chi connectivity index (χ4v) is 4.35. The van der Waals surface area contributed by atoms with Crippen LogP contribution in [0.4, 0.5) is 0 Å². The number of phenols is 3. The van der Waals surface area contributed by atoms with Crippen LogP contribution >= 0.6 is 0 Å². The van der Waals surface area contributed by atoms with Gasteiger partial charge >= 0.3 is 5.97 Å². The van der Waals surface area contributed by atoms with Gasteiger partial charge in [-0.05, 0) is 48.4 Å². The van der Waals surface area contributed by atoms with Gasteiger partial charge in [0.15, 0.2) is 17.3 Å². The van der Waals surface area contributed by atoms with Crippen molar-refractivity contribution in [3.8, 4) is 45.8 Å². The number of phenolic OH excluding ortho intramolecular Hbond substituents is 3. The van der Waals surface area contributed by atoms with Crippen LogP contribution in [0.1, 0.15) is 30.4 Å². The first-order valence-corrected chi connectivity index (χ1v) is 11.3. The summed E-state index contributed by atoms with van der Waals surface area (Å²) in [4.78, 5) is 25.7. The summed E-state index contributed by atoms with van der Waals surface area (Å²) in [5.41, 5.74) is 0.912. The van der Waals surface area contributed by atoms with Crippen molar-refractivity contribution in [2.45, 2.75) is 19.3 Å². The van der Waals surface area contributed by atoms with Gasteiger partial charge in [-0.15, -0.1) is 0 Å². The molecule has 1 aromatic heterocycles. The number of hydrogen-bond donors (Lipinski definition) is 4. The van der Waals surface area contributed by atoms with Gasteiger partial charge in [0.2, 0.25) is 11.2 Å². The molecule has 2 heterocycles. The average Bonchev–Trinajstić information content (AvgIpc) is 2.85. The lowest BCUT2D eigenvalue weighted by molar-refractivity contribution is -0.135. The van der Waals surface area contributed by atoms with Crippen LogP contribution in [0, 0.1) is 0 Å². The fraction of sp³-hybridized carbons (Fsp3) is 0.143. The van der Waals surface area contributed by atoms with Crippen molar-refractivity contribution in [3.05, 3.63) is 82.0 Å². The van der Waals surface area contributed by atoms with Crippen molar-refractivity contribution >= 4 is 16.9 Å². The minimum absolute atomic E-state index is 0.00727. The zero-order valence-corrected chi connectivity index (χ0v) is 19.6. The summed E-state index contributed by atoms with van der Waals surface area (Å²) in [7, 11) is 0. The molecule has 0 unspecified atom stereocenters. The Bertz CT molecular complexity index is 1650. The Hall–Kier alpha value is -4.92. The van der Waals surface area contributed by atoms with Gasteiger partial charge in [0, 0.05) is 23.1 Å². The molecule has 0 bridgehead atoms. The molecule has 4 N–H and O–H groups in total. The van der Waals surface area contributed by atoms with Gasteiger partial charge in [-0.1, -0.05) is 18.7 Å². The summed E-state index contributed by atoms with van der Waals surface area (Å²) >= 11 is 0. The second-order valence-corrected chi connectivity index (χ2v) is 8.87. The largest absolute Gasteiger partial charge is 0.507 e. The highest BCUT2D eigenvalue weighted by Crippen LogP contribution is 2.47. The molecular weight excluding hydrogens is 480 g/mol. The van der Waals surface area contributed by atoms with E-state index >= 15 is 0 Å². The third-order valence-electron chi connectivity index (χ3n) is 6.05. The maximum Gasteiger partial charge on any atom is 0.312 e. The van der Waals surface area contributed by atoms with Gasteiger partial charge in [-0.25, -0.2) is 0 Å². The maximum absolute atomic E-state index is 13.2. The second-order valence-electron chi connectivity index (χ2n) is 8.87. The van der Waals surface area contributed by atoms with Crippen LogP contribution in [0.3, 0.4) is 0 Å². The molecule has 0 saturated carbocycles. The van der Waals surface area contributed by atoms with Crippen molar-refractivity contribution in [3.63, 3.8) is 0 Å². The molecule has 37 heavy (non-hydrogen) atoms. The highest BCUT2D eigenvalue weighted by molar-refractivity contribution is 5.94. The predicted octanol–water partition coefficient (Wildman–Crippen LogP) is 4.68. The molecule has 0 radical (unpaired) electrons. The molecule has 1 aliphatic heterocycles. The minimum atomic E-state index is -0.918. The van der Waals surface area contributed by atoms with E-state index in [-0.39, 0.29) is 34.5 Å². The third kappa shape index (κ3) is 4.20. The molecule has 4 aromatic rings. The second kappa shape index (κ2) is 8.94. The smallest absolute Gasteiger partial charge is 0.312 e. The lowest BCUT2D eigenvalue weighted by Crippen LogP contribution is -2.22. The number of ether oxygens (including phenoxy) is 2. The first-order chi connectivity index (χ1) is 17.6. The first kappa shape index (κ1) is 23.8. The number of carbonyl (C=O) groups is 1. The van der Waals surface area contributed by atoms with E-state index in [1.165, 1.54) is 12.1 Å². The Morgan fingerprint density at radius 1 is 1.03 bits per heavy atom. The maximum atomic E-state index is 13.2. The van der Waals surface area contributed by atoms with Gasteiger partial charge < -0.3 is 34.3 Å². The lowest BCUT2D eigenvalue weighted by Gasteiger charge is -2.26. The summed E-state index contributed by atoms with van der Waals surface area (Å²) in [6.07, 6.45) is -0.0866. The summed E-state index contributed by atoms with van der Waals surface area (Å²) in [6, 6.07) is 11.8. The van der Waals surface area contributed by atoms with Gasteiger partial charge in [0.25, 0.3) is 0 Å². The van der Waals surface area contributed by atoms with Gasteiger partial charge in [-0.2, -0.15) is 0 Å². The van der Waals surface area contributed by atoms with E-state index in [1.54, 1.807) is 24.3 Å². The number of aromatic hydroxyl groups is 4. The molecule has 0 fully saturated rings. The van der Waals surface area contributed by atoms with Crippen LogP contribution in [0.5, 0.6) is 34.5 Å². The first-order valence-electron chi connectivity index (χ1n) is 11.3.